The summed E-state index contributed by atoms with van der Waals surface area (Å²) in [6, 6.07) is 0. The molecule has 0 aliphatic rings. The van der Waals surface area contributed by atoms with Crippen LogP contribution in [0.5, 0.6) is 0 Å². The van der Waals surface area contributed by atoms with E-state index >= 15 is 0 Å². The molecule has 0 aromatic heterocycles. The van der Waals surface area contributed by atoms with Crippen molar-refractivity contribution in [1.29, 1.82) is 0 Å². The summed E-state index contributed by atoms with van der Waals surface area (Å²) in [5.41, 5.74) is 5.14. The van der Waals surface area contributed by atoms with E-state index in [1.807, 2.05) is 0 Å². The second-order valence-corrected chi connectivity index (χ2v) is 2.48. The molecule has 0 rings (SSSR count). The van der Waals surface area contributed by atoms with Crippen molar-refractivity contribution < 1.29 is 4.74 Å². The van der Waals surface area contributed by atoms with Crippen LogP contribution in [0.4, 0.5) is 0 Å². The normalized spacial score (nSPS) is 9.25. The maximum absolute atomic E-state index is 5.14. The zero-order valence-electron chi connectivity index (χ0n) is 4.69. The molecule has 0 aliphatic carbocycles. The van der Waals surface area contributed by atoms with Gasteiger partial charge in [-0.05, 0) is 0 Å². The smallest absolute Gasteiger partial charge is 0.0776 e. The molecule has 0 amide bonds. The number of hydrogen-bond acceptors (Lipinski definition) is 2. The summed E-state index contributed by atoms with van der Waals surface area (Å²) in [4.78, 5) is 0. The summed E-state index contributed by atoms with van der Waals surface area (Å²) in [5, 5.41) is 0. The van der Waals surface area contributed by atoms with Crippen LogP contribution in [0.2, 0.25) is 0 Å². The number of rotatable bonds is 4. The third-order valence-corrected chi connectivity index (χ3v) is 0.750. The van der Waals surface area contributed by atoms with Gasteiger partial charge in [0.1, 0.15) is 0 Å². The minimum absolute atomic E-state index is 0.553. The lowest BCUT2D eigenvalue weighted by molar-refractivity contribution is 0.169. The highest BCUT2D eigenvalue weighted by Crippen LogP contribution is 1.98. The minimum Gasteiger partial charge on any atom is -0.375 e. The Morgan fingerprint density at radius 3 is 2.75 bits per heavy atom. The molecule has 2 N–H and O–H groups in total. The number of halogens is 1. The van der Waals surface area contributed by atoms with Crippen LogP contribution in [0.25, 0.3) is 0 Å². The lowest BCUT2D eigenvalue weighted by Crippen LogP contribution is -2.08. The monoisotopic (exact) mass is 179 g/mol. The number of nitrogens with two attached hydrogens (primary N) is 1. The molecule has 0 saturated heterocycles. The fourth-order valence-electron chi connectivity index (χ4n) is 0.266. The molecule has 0 radical (unpaired) electrons. The Hall–Kier alpha value is 0.140. The van der Waals surface area contributed by atoms with E-state index in [0.29, 0.717) is 19.8 Å². The summed E-state index contributed by atoms with van der Waals surface area (Å²) in [6.45, 7) is 5.30. The molecular weight excluding hydrogens is 170 g/mol. The molecule has 48 valence electrons. The molecule has 0 aromatic rings. The lowest BCUT2D eigenvalue weighted by atomic mass is 10.7. The lowest BCUT2D eigenvalue weighted by Gasteiger charge is -1.97. The first kappa shape index (κ1) is 8.14. The highest BCUT2D eigenvalue weighted by Gasteiger charge is 1.84. The topological polar surface area (TPSA) is 35.2 Å². The average Bonchev–Trinajstić information content (AvgIpc) is 1.66. The third-order valence-electron chi connectivity index (χ3n) is 0.521. The predicted molar refractivity (Wildman–Crippen MR) is 37.9 cm³/mol. The van der Waals surface area contributed by atoms with E-state index in [2.05, 4.69) is 22.5 Å². The van der Waals surface area contributed by atoms with Crippen LogP contribution >= 0.6 is 15.9 Å². The van der Waals surface area contributed by atoms with Gasteiger partial charge in [0.15, 0.2) is 0 Å². The summed E-state index contributed by atoms with van der Waals surface area (Å²) in [5.74, 6) is 0. The molecule has 0 heterocycles. The Labute approximate surface area is 57.8 Å². The molecule has 0 atom stereocenters. The van der Waals surface area contributed by atoms with Gasteiger partial charge in [0, 0.05) is 11.0 Å². The van der Waals surface area contributed by atoms with Gasteiger partial charge in [-0.1, -0.05) is 22.5 Å². The Morgan fingerprint density at radius 2 is 2.38 bits per heavy atom. The van der Waals surface area contributed by atoms with Crippen molar-refractivity contribution in [3.8, 4) is 0 Å². The van der Waals surface area contributed by atoms with Gasteiger partial charge < -0.3 is 10.5 Å². The van der Waals surface area contributed by atoms with E-state index in [0.717, 1.165) is 4.48 Å². The van der Waals surface area contributed by atoms with E-state index in [1.165, 1.54) is 0 Å². The Kier molecular flexibility index (Phi) is 5.37. The van der Waals surface area contributed by atoms with Crippen molar-refractivity contribution in [3.05, 3.63) is 11.1 Å². The van der Waals surface area contributed by atoms with Crippen molar-refractivity contribution in [2.45, 2.75) is 0 Å². The number of ether oxygens (including phenoxy) is 1. The van der Waals surface area contributed by atoms with E-state index in [1.54, 1.807) is 0 Å². The first-order chi connectivity index (χ1) is 3.77. The summed E-state index contributed by atoms with van der Waals surface area (Å²) < 4.78 is 5.83. The average molecular weight is 180 g/mol. The molecular formula is C5H10BrNO. The molecule has 2 nitrogen and oxygen atoms in total. The molecule has 0 fully saturated rings. The van der Waals surface area contributed by atoms with E-state index in [9.17, 15) is 0 Å². The molecule has 0 unspecified atom stereocenters. The molecule has 3 heteroatoms. The molecule has 0 saturated carbocycles. The number of hydrogen-bond donors (Lipinski definition) is 1. The highest BCUT2D eigenvalue weighted by molar-refractivity contribution is 9.11. The summed E-state index contributed by atoms with van der Waals surface area (Å²) in [7, 11) is 0. The zero-order chi connectivity index (χ0) is 6.41. The molecule has 0 aromatic carbocycles. The second-order valence-electron chi connectivity index (χ2n) is 1.36. The van der Waals surface area contributed by atoms with Crippen LogP contribution in [0.3, 0.4) is 0 Å². The SMILES string of the molecule is C=C(Br)COCCN. The molecule has 0 spiro atoms. The molecule has 0 bridgehead atoms. The van der Waals surface area contributed by atoms with Gasteiger partial charge in [-0.3, -0.25) is 0 Å². The van der Waals surface area contributed by atoms with Crippen LogP contribution in [-0.2, 0) is 4.74 Å². The first-order valence-electron chi connectivity index (χ1n) is 2.38. The van der Waals surface area contributed by atoms with Gasteiger partial charge in [0.25, 0.3) is 0 Å². The van der Waals surface area contributed by atoms with Gasteiger partial charge in [0.05, 0.1) is 13.2 Å². The van der Waals surface area contributed by atoms with Crippen LogP contribution in [0.15, 0.2) is 11.1 Å². The fraction of sp³-hybridized carbons (Fsp3) is 0.600. The van der Waals surface area contributed by atoms with Crippen LogP contribution in [0.1, 0.15) is 0 Å². The maximum atomic E-state index is 5.14. The van der Waals surface area contributed by atoms with Crippen LogP contribution in [-0.4, -0.2) is 19.8 Å². The quantitative estimate of drug-likeness (QED) is 0.651. The van der Waals surface area contributed by atoms with Gasteiger partial charge in [0.2, 0.25) is 0 Å². The largest absolute Gasteiger partial charge is 0.375 e. The van der Waals surface area contributed by atoms with Gasteiger partial charge in [-0.25, -0.2) is 0 Å². The van der Waals surface area contributed by atoms with Crippen molar-refractivity contribution in [1.82, 2.24) is 0 Å². The predicted octanol–water partition coefficient (Wildman–Crippen LogP) is 0.870. The minimum atomic E-state index is 0.553. The fourth-order valence-corrected chi connectivity index (χ4v) is 0.428. The standard InChI is InChI=1S/C5H10BrNO/c1-5(6)4-8-3-2-7/h1-4,7H2. The van der Waals surface area contributed by atoms with E-state index in [-0.39, 0.29) is 0 Å². The third kappa shape index (κ3) is 6.14. The van der Waals surface area contributed by atoms with E-state index < -0.39 is 0 Å². The summed E-state index contributed by atoms with van der Waals surface area (Å²) >= 11 is 3.14. The summed E-state index contributed by atoms with van der Waals surface area (Å²) in [6.07, 6.45) is 0. The van der Waals surface area contributed by atoms with Crippen molar-refractivity contribution in [2.75, 3.05) is 19.8 Å². The van der Waals surface area contributed by atoms with Gasteiger partial charge in [-0.2, -0.15) is 0 Å². The zero-order valence-corrected chi connectivity index (χ0v) is 6.28. The van der Waals surface area contributed by atoms with Gasteiger partial charge >= 0.3 is 0 Å². The van der Waals surface area contributed by atoms with Crippen molar-refractivity contribution >= 4 is 15.9 Å². The van der Waals surface area contributed by atoms with Gasteiger partial charge in [-0.15, -0.1) is 0 Å². The Bertz CT molecular complexity index is 74.8. The van der Waals surface area contributed by atoms with Crippen LogP contribution < -0.4 is 5.73 Å². The maximum Gasteiger partial charge on any atom is 0.0776 e. The first-order valence-corrected chi connectivity index (χ1v) is 3.17. The Balaban J connectivity index is 2.82. The molecule has 8 heavy (non-hydrogen) atoms. The molecule has 0 aliphatic heterocycles. The van der Waals surface area contributed by atoms with E-state index in [4.69, 9.17) is 10.5 Å². The highest BCUT2D eigenvalue weighted by atomic mass is 79.9. The van der Waals surface area contributed by atoms with Crippen molar-refractivity contribution in [2.24, 2.45) is 5.73 Å². The van der Waals surface area contributed by atoms with Crippen LogP contribution in [0, 0.1) is 0 Å². The Morgan fingerprint density at radius 1 is 1.75 bits per heavy atom. The van der Waals surface area contributed by atoms with Crippen molar-refractivity contribution in [3.63, 3.8) is 0 Å². The second kappa shape index (κ2) is 5.28.